The van der Waals surface area contributed by atoms with Crippen LogP contribution in [-0.2, 0) is 36.3 Å². The van der Waals surface area contributed by atoms with Gasteiger partial charge in [0.05, 0.1) is 13.2 Å². The molecule has 176 valence electrons. The Bertz CT molecular complexity index is 1080. The first kappa shape index (κ1) is 24.5. The highest BCUT2D eigenvalue weighted by atomic mass is 31.3. The number of fused-ring (bicyclic) bond motifs is 1. The van der Waals surface area contributed by atoms with E-state index in [0.717, 1.165) is 12.3 Å². The summed E-state index contributed by atoms with van der Waals surface area (Å²) in [5.74, 6) is -4.11. The number of alkyl halides is 2. The number of nitrogens with two attached hydrogens (primary N) is 1. The lowest BCUT2D eigenvalue weighted by Gasteiger charge is -2.42. The molecule has 31 heavy (non-hydrogen) atoms. The first-order valence-corrected chi connectivity index (χ1v) is 12.3. The van der Waals surface area contributed by atoms with Crippen molar-refractivity contribution in [1.29, 1.82) is 0 Å². The standard InChI is InChI=1S/C10H14F2N3O13P3/c11-10(12)6-9(3-24-6,26-7(10)15-2-1-5(13)14-8(15)16)4-25-30(20,21)28-31(22,23)27-29(17,18)19/h1-2,6-7H,3-4H2,(H,20,21)(H,22,23)(H2,13,14,16)(H2,17,18,19)/t6-,7-,9-/m1/s1. The summed E-state index contributed by atoms with van der Waals surface area (Å²) in [7, 11) is -17.0. The maximum atomic E-state index is 14.7. The van der Waals surface area contributed by atoms with Gasteiger partial charge in [-0.3, -0.25) is 9.09 Å². The highest BCUT2D eigenvalue weighted by Gasteiger charge is 2.73. The molecule has 2 aliphatic rings. The van der Waals surface area contributed by atoms with E-state index in [1.807, 2.05) is 0 Å². The highest BCUT2D eigenvalue weighted by Crippen LogP contribution is 2.67. The van der Waals surface area contributed by atoms with E-state index in [1.54, 1.807) is 0 Å². The van der Waals surface area contributed by atoms with Crippen molar-refractivity contribution in [1.82, 2.24) is 9.55 Å². The molecule has 0 radical (unpaired) electrons. The lowest BCUT2D eigenvalue weighted by Crippen LogP contribution is -2.63. The molecule has 3 heterocycles. The number of ether oxygens (including phenoxy) is 2. The number of halogens is 2. The second-order valence-electron chi connectivity index (χ2n) is 6.31. The molecular weight excluding hydrogens is 501 g/mol. The van der Waals surface area contributed by atoms with Crippen molar-refractivity contribution in [3.63, 3.8) is 0 Å². The number of aromatic nitrogens is 2. The number of nitrogens with zero attached hydrogens (tertiary/aromatic N) is 2. The number of hydrogen-bond acceptors (Lipinski definition) is 11. The summed E-state index contributed by atoms with van der Waals surface area (Å²) >= 11 is 0. The molecule has 2 saturated heterocycles. The van der Waals surface area contributed by atoms with Crippen LogP contribution in [0.2, 0.25) is 0 Å². The summed E-state index contributed by atoms with van der Waals surface area (Å²) in [5.41, 5.74) is 2.02. The fourth-order valence-corrected chi connectivity index (χ4v) is 5.91. The van der Waals surface area contributed by atoms with E-state index >= 15 is 0 Å². The summed E-state index contributed by atoms with van der Waals surface area (Å²) in [6.45, 7) is -1.78. The van der Waals surface area contributed by atoms with Gasteiger partial charge in [0.1, 0.15) is 5.82 Å². The van der Waals surface area contributed by atoms with Crippen molar-refractivity contribution in [2.45, 2.75) is 23.9 Å². The maximum Gasteiger partial charge on any atom is 0.490 e. The summed E-state index contributed by atoms with van der Waals surface area (Å²) < 4.78 is 85.0. The number of phosphoric ester groups is 1. The molecule has 0 aliphatic carbocycles. The molecule has 0 aromatic carbocycles. The smallest absolute Gasteiger partial charge is 0.383 e. The number of rotatable bonds is 8. The molecule has 16 nitrogen and oxygen atoms in total. The molecule has 1 aromatic heterocycles. The van der Waals surface area contributed by atoms with Crippen LogP contribution in [0.25, 0.3) is 0 Å². The Balaban J connectivity index is 1.76. The lowest BCUT2D eigenvalue weighted by molar-refractivity contribution is -0.256. The molecule has 2 aliphatic heterocycles. The van der Waals surface area contributed by atoms with Crippen LogP contribution in [0, 0.1) is 0 Å². The van der Waals surface area contributed by atoms with Gasteiger partial charge in [-0.05, 0) is 6.07 Å². The number of hydrogen-bond donors (Lipinski definition) is 5. The molecule has 0 bridgehead atoms. The first-order chi connectivity index (χ1) is 14.0. The summed E-state index contributed by atoms with van der Waals surface area (Å²) in [6, 6.07) is 1.04. The van der Waals surface area contributed by atoms with Crippen LogP contribution in [0.15, 0.2) is 17.1 Å². The largest absolute Gasteiger partial charge is 0.490 e. The Kier molecular flexibility index (Phi) is 6.11. The SMILES string of the molecule is Nc1ccn([C@@H]2O[C@@]3(COP(=O)(O)OP(=O)(O)OP(=O)(O)O)CO[C@H]3C2(F)F)c(=O)n1. The van der Waals surface area contributed by atoms with Gasteiger partial charge in [0, 0.05) is 6.20 Å². The topological polar surface area (TPSA) is 239 Å². The molecule has 3 rings (SSSR count). The quantitative estimate of drug-likeness (QED) is 0.274. The van der Waals surface area contributed by atoms with E-state index in [4.69, 9.17) is 29.9 Å². The maximum absolute atomic E-state index is 14.7. The van der Waals surface area contributed by atoms with Gasteiger partial charge in [-0.2, -0.15) is 22.4 Å². The van der Waals surface area contributed by atoms with E-state index in [9.17, 15) is 32.2 Å². The number of nitrogen functional groups attached to an aromatic ring is 1. The zero-order valence-electron chi connectivity index (χ0n) is 14.8. The fraction of sp³-hybridized carbons (Fsp3) is 0.600. The zero-order valence-corrected chi connectivity index (χ0v) is 17.4. The summed E-state index contributed by atoms with van der Waals surface area (Å²) in [6.07, 6.45) is -3.46. The minimum absolute atomic E-state index is 0.246. The van der Waals surface area contributed by atoms with Crippen LogP contribution in [0.3, 0.4) is 0 Å². The molecule has 2 unspecified atom stereocenters. The first-order valence-electron chi connectivity index (χ1n) is 7.77. The number of phosphoric acid groups is 3. The third-order valence-corrected chi connectivity index (χ3v) is 7.77. The normalized spacial score (nSPS) is 31.3. The molecule has 21 heteroatoms. The van der Waals surface area contributed by atoms with Gasteiger partial charge in [-0.1, -0.05) is 0 Å². The van der Waals surface area contributed by atoms with Crippen molar-refractivity contribution in [2.75, 3.05) is 18.9 Å². The molecule has 2 fully saturated rings. The van der Waals surface area contributed by atoms with E-state index in [2.05, 4.69) is 18.1 Å². The minimum Gasteiger partial charge on any atom is -0.383 e. The van der Waals surface area contributed by atoms with Crippen LogP contribution < -0.4 is 11.4 Å². The van der Waals surface area contributed by atoms with Crippen LogP contribution in [0.4, 0.5) is 14.6 Å². The van der Waals surface area contributed by atoms with E-state index in [-0.39, 0.29) is 5.82 Å². The Hall–Kier alpha value is -1.13. The van der Waals surface area contributed by atoms with E-state index in [0.29, 0.717) is 4.57 Å². The molecular formula is C10H14F2N3O13P3. The Labute approximate surface area is 169 Å². The van der Waals surface area contributed by atoms with Crippen molar-refractivity contribution in [3.05, 3.63) is 22.7 Å². The van der Waals surface area contributed by atoms with Gasteiger partial charge >= 0.3 is 35.1 Å². The van der Waals surface area contributed by atoms with Gasteiger partial charge in [-0.25, -0.2) is 18.5 Å². The second kappa shape index (κ2) is 7.73. The fourth-order valence-electron chi connectivity index (χ4n) is 2.83. The van der Waals surface area contributed by atoms with Crippen LogP contribution >= 0.6 is 23.5 Å². The van der Waals surface area contributed by atoms with Gasteiger partial charge in [0.15, 0.2) is 11.7 Å². The van der Waals surface area contributed by atoms with Crippen molar-refractivity contribution >= 4 is 29.3 Å². The third-order valence-electron chi connectivity index (χ3n) is 3.99. The van der Waals surface area contributed by atoms with Gasteiger partial charge in [-0.15, -0.1) is 0 Å². The molecule has 0 amide bonds. The Morgan fingerprint density at radius 1 is 1.23 bits per heavy atom. The molecule has 6 N–H and O–H groups in total. The average Bonchev–Trinajstić information content (AvgIpc) is 2.65. The van der Waals surface area contributed by atoms with Crippen LogP contribution in [-0.4, -0.2) is 60.0 Å². The summed E-state index contributed by atoms with van der Waals surface area (Å²) in [4.78, 5) is 50.7. The van der Waals surface area contributed by atoms with Gasteiger partial charge in [0.25, 0.3) is 0 Å². The predicted molar refractivity (Wildman–Crippen MR) is 90.3 cm³/mol. The number of anilines is 1. The molecule has 0 saturated carbocycles. The molecule has 5 atom stereocenters. The van der Waals surface area contributed by atoms with Crippen LogP contribution in [0.5, 0.6) is 0 Å². The van der Waals surface area contributed by atoms with Gasteiger partial charge in [0.2, 0.25) is 6.23 Å². The Morgan fingerprint density at radius 2 is 1.87 bits per heavy atom. The Morgan fingerprint density at radius 3 is 2.39 bits per heavy atom. The predicted octanol–water partition coefficient (Wildman–Crippen LogP) is -0.530. The monoisotopic (exact) mass is 515 g/mol. The van der Waals surface area contributed by atoms with Crippen molar-refractivity contribution < 1.29 is 64.7 Å². The molecule has 1 aromatic rings. The zero-order chi connectivity index (χ0) is 23.5. The average molecular weight is 515 g/mol. The van der Waals surface area contributed by atoms with Crippen LogP contribution in [0.1, 0.15) is 6.23 Å². The van der Waals surface area contributed by atoms with E-state index < -0.39 is 66.2 Å². The minimum atomic E-state index is -5.80. The third kappa shape index (κ3) is 5.11. The summed E-state index contributed by atoms with van der Waals surface area (Å²) in [5, 5.41) is 0. The lowest BCUT2D eigenvalue weighted by atomic mass is 9.91. The van der Waals surface area contributed by atoms with Crippen molar-refractivity contribution in [2.24, 2.45) is 0 Å². The van der Waals surface area contributed by atoms with Crippen molar-refractivity contribution in [3.8, 4) is 0 Å². The second-order valence-corrected chi connectivity index (χ2v) is 10.7. The van der Waals surface area contributed by atoms with Gasteiger partial charge < -0.3 is 34.8 Å². The van der Waals surface area contributed by atoms with E-state index in [1.165, 1.54) is 0 Å². The molecule has 0 spiro atoms. The highest BCUT2D eigenvalue weighted by molar-refractivity contribution is 7.66.